The monoisotopic (exact) mass is 352 g/mol. The Bertz CT molecular complexity index is 1020. The zero-order chi connectivity index (χ0) is 18.7. The van der Waals surface area contributed by atoms with Crippen molar-refractivity contribution < 1.29 is 13.9 Å². The Hall–Kier alpha value is -3.15. The fourth-order valence-electron chi connectivity index (χ4n) is 2.84. The van der Waals surface area contributed by atoms with Gasteiger partial charge in [-0.3, -0.25) is 4.79 Å². The van der Waals surface area contributed by atoms with E-state index in [0.29, 0.717) is 29.1 Å². The van der Waals surface area contributed by atoms with E-state index in [1.165, 1.54) is 0 Å². The van der Waals surface area contributed by atoms with E-state index < -0.39 is 5.63 Å². The van der Waals surface area contributed by atoms with E-state index >= 15 is 0 Å². The summed E-state index contributed by atoms with van der Waals surface area (Å²) in [5.41, 5.74) is 2.27. The third kappa shape index (κ3) is 3.59. The molecule has 0 saturated heterocycles. The third-order valence-electron chi connectivity index (χ3n) is 4.36. The summed E-state index contributed by atoms with van der Waals surface area (Å²) in [4.78, 5) is 28.7. The van der Waals surface area contributed by atoms with Gasteiger partial charge < -0.3 is 14.5 Å². The molecule has 26 heavy (non-hydrogen) atoms. The van der Waals surface area contributed by atoms with Crippen LogP contribution in [-0.2, 0) is 11.2 Å². The van der Waals surface area contributed by atoms with E-state index in [2.05, 4.69) is 10.3 Å². The number of anilines is 1. The highest BCUT2D eigenvalue weighted by Gasteiger charge is 2.14. The first kappa shape index (κ1) is 17.7. The molecule has 0 saturated carbocycles. The van der Waals surface area contributed by atoms with Crippen molar-refractivity contribution in [3.63, 3.8) is 0 Å². The van der Waals surface area contributed by atoms with Gasteiger partial charge >= 0.3 is 5.63 Å². The Morgan fingerprint density at radius 3 is 2.81 bits per heavy atom. The van der Waals surface area contributed by atoms with Gasteiger partial charge in [0.15, 0.2) is 0 Å². The lowest BCUT2D eigenvalue weighted by atomic mass is 10.0. The molecule has 0 spiro atoms. The van der Waals surface area contributed by atoms with Crippen molar-refractivity contribution in [1.82, 2.24) is 4.98 Å². The van der Waals surface area contributed by atoms with E-state index in [9.17, 15) is 9.59 Å². The average molecular weight is 352 g/mol. The first-order chi connectivity index (χ1) is 12.5. The Morgan fingerprint density at radius 2 is 2.08 bits per heavy atom. The van der Waals surface area contributed by atoms with Crippen LogP contribution in [0.15, 0.2) is 45.7 Å². The van der Waals surface area contributed by atoms with Crippen molar-refractivity contribution in [3.8, 4) is 5.75 Å². The van der Waals surface area contributed by atoms with Crippen molar-refractivity contribution in [3.05, 3.63) is 63.6 Å². The van der Waals surface area contributed by atoms with Gasteiger partial charge in [-0.05, 0) is 49.6 Å². The Balaban J connectivity index is 1.79. The minimum Gasteiger partial charge on any atom is -0.497 e. The molecule has 0 aliphatic carbocycles. The summed E-state index contributed by atoms with van der Waals surface area (Å²) >= 11 is 0. The molecule has 3 aromatic rings. The number of carbonyl (C=O) groups excluding carboxylic acids is 1. The van der Waals surface area contributed by atoms with Gasteiger partial charge in [-0.1, -0.05) is 6.07 Å². The number of methoxy groups -OCH3 is 1. The summed E-state index contributed by atoms with van der Waals surface area (Å²) in [6.07, 6.45) is 2.09. The largest absolute Gasteiger partial charge is 0.497 e. The average Bonchev–Trinajstić information content (AvgIpc) is 2.63. The quantitative estimate of drug-likeness (QED) is 0.712. The Labute approximate surface area is 150 Å². The van der Waals surface area contributed by atoms with Crippen LogP contribution in [-0.4, -0.2) is 18.0 Å². The maximum Gasteiger partial charge on any atom is 0.339 e. The Kier molecular flexibility index (Phi) is 5.02. The first-order valence-corrected chi connectivity index (χ1v) is 8.31. The number of ether oxygens (including phenoxy) is 1. The van der Waals surface area contributed by atoms with Crippen LogP contribution >= 0.6 is 0 Å². The molecule has 0 atom stereocenters. The number of nitrogens with zero attached hydrogens (tertiary/aromatic N) is 1. The van der Waals surface area contributed by atoms with Crippen molar-refractivity contribution in [2.45, 2.75) is 26.7 Å². The molecular formula is C20H20N2O4. The number of hydrogen-bond donors (Lipinski definition) is 1. The SMILES string of the molecule is COc1ccc2c(C)c(CCC(=O)Nc3ncccc3C)c(=O)oc2c1. The molecule has 2 heterocycles. The van der Waals surface area contributed by atoms with E-state index in [1.54, 1.807) is 19.4 Å². The number of pyridine rings is 1. The zero-order valence-electron chi connectivity index (χ0n) is 15.0. The second-order valence-corrected chi connectivity index (χ2v) is 6.07. The maximum atomic E-state index is 12.3. The van der Waals surface area contributed by atoms with Gasteiger partial charge in [0.05, 0.1) is 7.11 Å². The number of carbonyl (C=O) groups is 1. The summed E-state index contributed by atoms with van der Waals surface area (Å²) in [5, 5.41) is 3.61. The minimum absolute atomic E-state index is 0.170. The van der Waals surface area contributed by atoms with Gasteiger partial charge in [-0.15, -0.1) is 0 Å². The Morgan fingerprint density at radius 1 is 1.27 bits per heavy atom. The molecule has 0 aliphatic rings. The van der Waals surface area contributed by atoms with Gasteiger partial charge in [0.25, 0.3) is 0 Å². The fraction of sp³-hybridized carbons (Fsp3) is 0.250. The highest BCUT2D eigenvalue weighted by atomic mass is 16.5. The van der Waals surface area contributed by atoms with Gasteiger partial charge in [-0.2, -0.15) is 0 Å². The van der Waals surface area contributed by atoms with Crippen LogP contribution < -0.4 is 15.7 Å². The predicted octanol–water partition coefficient (Wildman–Crippen LogP) is 3.38. The molecule has 0 unspecified atom stereocenters. The molecule has 6 nitrogen and oxygen atoms in total. The lowest BCUT2D eigenvalue weighted by Gasteiger charge is -2.09. The first-order valence-electron chi connectivity index (χ1n) is 8.31. The summed E-state index contributed by atoms with van der Waals surface area (Å²) < 4.78 is 10.6. The highest BCUT2D eigenvalue weighted by Crippen LogP contribution is 2.24. The summed E-state index contributed by atoms with van der Waals surface area (Å²) in [7, 11) is 1.56. The normalized spacial score (nSPS) is 10.7. The topological polar surface area (TPSA) is 81.4 Å². The molecule has 0 fully saturated rings. The number of rotatable bonds is 5. The highest BCUT2D eigenvalue weighted by molar-refractivity contribution is 5.90. The van der Waals surface area contributed by atoms with E-state index in [4.69, 9.17) is 9.15 Å². The second-order valence-electron chi connectivity index (χ2n) is 6.07. The number of amides is 1. The molecule has 1 aromatic carbocycles. The predicted molar refractivity (Wildman–Crippen MR) is 99.7 cm³/mol. The number of benzene rings is 1. The van der Waals surface area contributed by atoms with E-state index in [0.717, 1.165) is 16.5 Å². The van der Waals surface area contributed by atoms with Gasteiger partial charge in [-0.25, -0.2) is 9.78 Å². The summed E-state index contributed by atoms with van der Waals surface area (Å²) in [5.74, 6) is 0.963. The number of aryl methyl sites for hydroxylation is 2. The van der Waals surface area contributed by atoms with Gasteiger partial charge in [0.1, 0.15) is 17.2 Å². The van der Waals surface area contributed by atoms with E-state index in [-0.39, 0.29) is 12.3 Å². The van der Waals surface area contributed by atoms with Crippen LogP contribution in [0.2, 0.25) is 0 Å². The van der Waals surface area contributed by atoms with Crippen LogP contribution in [0.3, 0.4) is 0 Å². The number of nitrogens with one attached hydrogen (secondary N) is 1. The molecule has 0 aliphatic heterocycles. The molecule has 6 heteroatoms. The smallest absolute Gasteiger partial charge is 0.339 e. The number of aromatic nitrogens is 1. The van der Waals surface area contributed by atoms with Gasteiger partial charge in [0.2, 0.25) is 5.91 Å². The standard InChI is InChI=1S/C20H20N2O4/c1-12-5-4-10-21-19(12)22-18(23)9-8-16-13(2)15-7-6-14(25-3)11-17(15)26-20(16)24/h4-7,10-11H,8-9H2,1-3H3,(H,21,22,23). The van der Waals surface area contributed by atoms with Crippen molar-refractivity contribution in [2.75, 3.05) is 12.4 Å². The number of fused-ring (bicyclic) bond motifs is 1. The van der Waals surface area contributed by atoms with Crippen LogP contribution in [0.4, 0.5) is 5.82 Å². The van der Waals surface area contributed by atoms with Crippen LogP contribution in [0.5, 0.6) is 5.75 Å². The van der Waals surface area contributed by atoms with Crippen LogP contribution in [0.25, 0.3) is 11.0 Å². The third-order valence-corrected chi connectivity index (χ3v) is 4.36. The maximum absolute atomic E-state index is 12.3. The molecular weight excluding hydrogens is 332 g/mol. The lowest BCUT2D eigenvalue weighted by molar-refractivity contribution is -0.116. The summed E-state index contributed by atoms with van der Waals surface area (Å²) in [6.45, 7) is 3.74. The van der Waals surface area contributed by atoms with Crippen molar-refractivity contribution in [2.24, 2.45) is 0 Å². The summed E-state index contributed by atoms with van der Waals surface area (Å²) in [6, 6.07) is 9.04. The molecule has 0 bridgehead atoms. The molecule has 1 N–H and O–H groups in total. The molecule has 0 radical (unpaired) electrons. The van der Waals surface area contributed by atoms with Crippen molar-refractivity contribution >= 4 is 22.7 Å². The molecule has 3 rings (SSSR count). The fourth-order valence-corrected chi connectivity index (χ4v) is 2.84. The van der Waals surface area contributed by atoms with Crippen molar-refractivity contribution in [1.29, 1.82) is 0 Å². The van der Waals surface area contributed by atoms with E-state index in [1.807, 2.05) is 38.1 Å². The molecule has 1 amide bonds. The molecule has 134 valence electrons. The zero-order valence-corrected chi connectivity index (χ0v) is 15.0. The molecule has 2 aromatic heterocycles. The van der Waals surface area contributed by atoms with Crippen LogP contribution in [0.1, 0.15) is 23.1 Å². The second kappa shape index (κ2) is 7.39. The number of hydrogen-bond acceptors (Lipinski definition) is 5. The minimum atomic E-state index is -0.426. The van der Waals surface area contributed by atoms with Gasteiger partial charge in [0, 0.05) is 29.6 Å². The van der Waals surface area contributed by atoms with Crippen LogP contribution in [0, 0.1) is 13.8 Å². The lowest BCUT2D eigenvalue weighted by Crippen LogP contribution is -2.17.